The number of halogens is 2. The summed E-state index contributed by atoms with van der Waals surface area (Å²) in [4.78, 5) is 12.8. The van der Waals surface area contributed by atoms with Crippen molar-refractivity contribution in [2.45, 2.75) is 4.90 Å². The molecule has 0 bridgehead atoms. The SMILES string of the molecule is O=C(CN(c1ccc(Cl)cc1Cl)S(=O)(=O)c1ccccc1)Nc1ccc2c(c1)OCO2. The van der Waals surface area contributed by atoms with Crippen LogP contribution in [-0.4, -0.2) is 27.7 Å². The molecule has 1 amide bonds. The summed E-state index contributed by atoms with van der Waals surface area (Å²) in [5.41, 5.74) is 0.573. The first-order chi connectivity index (χ1) is 14.8. The number of rotatable bonds is 6. The third-order valence-corrected chi connectivity index (χ3v) is 6.76. The summed E-state index contributed by atoms with van der Waals surface area (Å²) in [6, 6.07) is 17.1. The molecule has 10 heteroatoms. The molecular formula is C21H16Cl2N2O5S. The van der Waals surface area contributed by atoms with Crippen LogP contribution in [0.1, 0.15) is 0 Å². The third-order valence-electron chi connectivity index (χ3n) is 4.45. The van der Waals surface area contributed by atoms with E-state index in [-0.39, 0.29) is 22.4 Å². The van der Waals surface area contributed by atoms with Gasteiger partial charge in [0, 0.05) is 16.8 Å². The zero-order chi connectivity index (χ0) is 22.0. The molecule has 31 heavy (non-hydrogen) atoms. The minimum absolute atomic E-state index is 0.0249. The fraction of sp³-hybridized carbons (Fsp3) is 0.0952. The van der Waals surface area contributed by atoms with Crippen molar-refractivity contribution in [2.75, 3.05) is 23.0 Å². The minimum Gasteiger partial charge on any atom is -0.454 e. The number of amides is 1. The highest BCUT2D eigenvalue weighted by molar-refractivity contribution is 7.92. The number of hydrogen-bond acceptors (Lipinski definition) is 5. The van der Waals surface area contributed by atoms with Crippen molar-refractivity contribution in [3.05, 3.63) is 76.8 Å². The summed E-state index contributed by atoms with van der Waals surface area (Å²) in [5.74, 6) is 0.496. The first kappa shape index (κ1) is 21.3. The van der Waals surface area contributed by atoms with Gasteiger partial charge in [0.15, 0.2) is 11.5 Å². The molecule has 0 saturated heterocycles. The number of nitrogens with one attached hydrogen (secondary N) is 1. The maximum Gasteiger partial charge on any atom is 0.264 e. The first-order valence-corrected chi connectivity index (χ1v) is 11.3. The summed E-state index contributed by atoms with van der Waals surface area (Å²) in [6.45, 7) is -0.405. The molecule has 160 valence electrons. The molecule has 0 aromatic heterocycles. The first-order valence-electron chi connectivity index (χ1n) is 9.07. The van der Waals surface area contributed by atoms with E-state index < -0.39 is 22.5 Å². The number of fused-ring (bicyclic) bond motifs is 1. The van der Waals surface area contributed by atoms with Gasteiger partial charge >= 0.3 is 0 Å². The lowest BCUT2D eigenvalue weighted by Crippen LogP contribution is -2.38. The normalized spacial score (nSPS) is 12.5. The molecule has 0 saturated carbocycles. The molecular weight excluding hydrogens is 463 g/mol. The van der Waals surface area contributed by atoms with Crippen molar-refractivity contribution in [2.24, 2.45) is 0 Å². The van der Waals surface area contributed by atoms with Crippen molar-refractivity contribution in [1.82, 2.24) is 0 Å². The summed E-state index contributed by atoms with van der Waals surface area (Å²) >= 11 is 12.2. The minimum atomic E-state index is -4.09. The van der Waals surface area contributed by atoms with Crippen LogP contribution in [0.15, 0.2) is 71.6 Å². The van der Waals surface area contributed by atoms with Crippen molar-refractivity contribution in [3.63, 3.8) is 0 Å². The number of carbonyl (C=O) groups is 1. The molecule has 1 heterocycles. The van der Waals surface area contributed by atoms with E-state index in [1.54, 1.807) is 36.4 Å². The van der Waals surface area contributed by atoms with E-state index in [2.05, 4.69) is 5.32 Å². The van der Waals surface area contributed by atoms with Gasteiger partial charge in [-0.3, -0.25) is 9.10 Å². The van der Waals surface area contributed by atoms with Crippen LogP contribution in [0.4, 0.5) is 11.4 Å². The van der Waals surface area contributed by atoms with Gasteiger partial charge in [0.05, 0.1) is 15.6 Å². The van der Waals surface area contributed by atoms with E-state index in [9.17, 15) is 13.2 Å². The van der Waals surface area contributed by atoms with Gasteiger partial charge < -0.3 is 14.8 Å². The monoisotopic (exact) mass is 478 g/mol. The molecule has 0 unspecified atom stereocenters. The average molecular weight is 479 g/mol. The second-order valence-corrected chi connectivity index (χ2v) is 9.24. The molecule has 0 fully saturated rings. The van der Waals surface area contributed by atoms with E-state index in [1.165, 1.54) is 30.3 Å². The van der Waals surface area contributed by atoms with E-state index >= 15 is 0 Å². The molecule has 0 atom stereocenters. The Hall–Kier alpha value is -2.94. The van der Waals surface area contributed by atoms with E-state index in [0.29, 0.717) is 22.2 Å². The van der Waals surface area contributed by atoms with Gasteiger partial charge in [-0.15, -0.1) is 0 Å². The van der Waals surface area contributed by atoms with Crippen molar-refractivity contribution < 1.29 is 22.7 Å². The largest absolute Gasteiger partial charge is 0.454 e. The van der Waals surface area contributed by atoms with Crippen LogP contribution in [-0.2, 0) is 14.8 Å². The number of benzene rings is 3. The lowest BCUT2D eigenvalue weighted by Gasteiger charge is -2.25. The Labute approximate surface area is 189 Å². The Kier molecular flexibility index (Phi) is 5.95. The summed E-state index contributed by atoms with van der Waals surface area (Å²) in [6.07, 6.45) is 0. The number of ether oxygens (including phenoxy) is 2. The fourth-order valence-corrected chi connectivity index (χ4v) is 5.03. The topological polar surface area (TPSA) is 84.9 Å². The highest BCUT2D eigenvalue weighted by atomic mass is 35.5. The van der Waals surface area contributed by atoms with Gasteiger partial charge in [-0.05, 0) is 42.5 Å². The van der Waals surface area contributed by atoms with Crippen molar-refractivity contribution in [1.29, 1.82) is 0 Å². The Morgan fingerprint density at radius 3 is 2.45 bits per heavy atom. The second-order valence-electron chi connectivity index (χ2n) is 6.54. The second kappa shape index (κ2) is 8.66. The molecule has 1 aliphatic heterocycles. The van der Waals surface area contributed by atoms with Crippen LogP contribution in [0, 0.1) is 0 Å². The van der Waals surface area contributed by atoms with Crippen LogP contribution in [0.5, 0.6) is 11.5 Å². The van der Waals surface area contributed by atoms with Gasteiger partial charge in [-0.2, -0.15) is 0 Å². The number of anilines is 2. The van der Waals surface area contributed by atoms with Crippen LogP contribution in [0.25, 0.3) is 0 Å². The van der Waals surface area contributed by atoms with Crippen LogP contribution in [0.2, 0.25) is 10.0 Å². The van der Waals surface area contributed by atoms with Gasteiger partial charge in [0.25, 0.3) is 10.0 Å². The quantitative estimate of drug-likeness (QED) is 0.561. The summed E-state index contributed by atoms with van der Waals surface area (Å²) in [7, 11) is -4.09. The Bertz CT molecular complexity index is 1240. The summed E-state index contributed by atoms with van der Waals surface area (Å²) in [5, 5.41) is 3.12. The molecule has 0 spiro atoms. The molecule has 1 N–H and O–H groups in total. The average Bonchev–Trinajstić information content (AvgIpc) is 3.21. The van der Waals surface area contributed by atoms with Crippen LogP contribution in [0.3, 0.4) is 0 Å². The molecule has 4 rings (SSSR count). The molecule has 3 aromatic carbocycles. The molecule has 3 aromatic rings. The Balaban J connectivity index is 1.65. The van der Waals surface area contributed by atoms with E-state index in [1.807, 2.05) is 0 Å². The van der Waals surface area contributed by atoms with E-state index in [4.69, 9.17) is 32.7 Å². The maximum absolute atomic E-state index is 13.3. The maximum atomic E-state index is 13.3. The smallest absolute Gasteiger partial charge is 0.264 e. The van der Waals surface area contributed by atoms with Crippen LogP contribution < -0.4 is 19.1 Å². The van der Waals surface area contributed by atoms with Gasteiger partial charge in [0.2, 0.25) is 12.7 Å². The number of sulfonamides is 1. The lowest BCUT2D eigenvalue weighted by atomic mass is 10.2. The predicted molar refractivity (Wildman–Crippen MR) is 119 cm³/mol. The van der Waals surface area contributed by atoms with Crippen molar-refractivity contribution in [3.8, 4) is 11.5 Å². The zero-order valence-electron chi connectivity index (χ0n) is 15.9. The standard InChI is InChI=1S/C21H16Cl2N2O5S/c22-14-6-8-18(17(23)10-14)25(31(27,28)16-4-2-1-3-5-16)12-21(26)24-15-7-9-19-20(11-15)30-13-29-19/h1-11H,12-13H2,(H,24,26). The molecule has 7 nitrogen and oxygen atoms in total. The Morgan fingerprint density at radius 2 is 1.71 bits per heavy atom. The summed E-state index contributed by atoms with van der Waals surface area (Å²) < 4.78 is 38.2. The van der Waals surface area contributed by atoms with Crippen molar-refractivity contribution >= 4 is 50.5 Å². The highest BCUT2D eigenvalue weighted by Crippen LogP contribution is 2.35. The van der Waals surface area contributed by atoms with Gasteiger partial charge in [-0.25, -0.2) is 8.42 Å². The van der Waals surface area contributed by atoms with Crippen LogP contribution >= 0.6 is 23.2 Å². The molecule has 0 aliphatic carbocycles. The zero-order valence-corrected chi connectivity index (χ0v) is 18.2. The third kappa shape index (κ3) is 4.56. The molecule has 0 radical (unpaired) electrons. The van der Waals surface area contributed by atoms with Gasteiger partial charge in [0.1, 0.15) is 6.54 Å². The predicted octanol–water partition coefficient (Wildman–Crippen LogP) is 4.56. The number of carbonyl (C=O) groups excluding carboxylic acids is 1. The van der Waals surface area contributed by atoms with E-state index in [0.717, 1.165) is 4.31 Å². The lowest BCUT2D eigenvalue weighted by molar-refractivity contribution is -0.114. The number of nitrogens with zero attached hydrogens (tertiary/aromatic N) is 1. The molecule has 1 aliphatic rings. The Morgan fingerprint density at radius 1 is 0.968 bits per heavy atom. The number of hydrogen-bond donors (Lipinski definition) is 1. The highest BCUT2D eigenvalue weighted by Gasteiger charge is 2.29. The fourth-order valence-electron chi connectivity index (χ4n) is 3.01. The van der Waals surface area contributed by atoms with Gasteiger partial charge in [-0.1, -0.05) is 41.4 Å².